The molecule has 4 atom stereocenters. The first kappa shape index (κ1) is 23.4. The third kappa shape index (κ3) is 3.43. The average molecular weight is 451 g/mol. The van der Waals surface area contributed by atoms with Crippen LogP contribution in [0, 0.1) is 17.3 Å². The van der Waals surface area contributed by atoms with Crippen LogP contribution >= 0.6 is 0 Å². The maximum atomic E-state index is 10.8. The third-order valence-electron chi connectivity index (χ3n) is 8.03. The molecule has 2 fully saturated rings. The number of fused-ring (bicyclic) bond motifs is 1. The van der Waals surface area contributed by atoms with Gasteiger partial charge in [0.05, 0.1) is 5.60 Å². The molecule has 172 valence electrons. The Morgan fingerprint density at radius 3 is 2.00 bits per heavy atom. The fourth-order valence-corrected chi connectivity index (χ4v) is 10.9. The van der Waals surface area contributed by atoms with Crippen molar-refractivity contribution in [3.05, 3.63) is 73.3 Å². The number of aliphatic hydroxyl groups excluding tert-OH is 1. The van der Waals surface area contributed by atoms with Crippen LogP contribution in [0.5, 0.6) is 0 Å². The molecular formula is C28H38O3Si. The van der Waals surface area contributed by atoms with Crippen molar-refractivity contribution in [3.63, 3.8) is 0 Å². The molecule has 2 aromatic rings. The maximum absolute atomic E-state index is 10.8. The van der Waals surface area contributed by atoms with E-state index < -0.39 is 20.2 Å². The fourth-order valence-electron chi connectivity index (χ4n) is 6.36. The van der Waals surface area contributed by atoms with Crippen LogP contribution in [0.1, 0.15) is 47.5 Å². The molecule has 4 rings (SSSR count). The number of hydrogen-bond acceptors (Lipinski definition) is 3. The van der Waals surface area contributed by atoms with E-state index >= 15 is 0 Å². The Bertz CT molecular complexity index is 895. The van der Waals surface area contributed by atoms with Gasteiger partial charge in [-0.15, -0.1) is 6.58 Å². The molecule has 0 bridgehead atoms. The Balaban J connectivity index is 1.62. The minimum atomic E-state index is -2.56. The second-order valence-electron chi connectivity index (χ2n) is 11.2. The van der Waals surface area contributed by atoms with E-state index in [1.807, 2.05) is 6.08 Å². The second-order valence-corrected chi connectivity index (χ2v) is 15.5. The highest BCUT2D eigenvalue weighted by molar-refractivity contribution is 6.99. The molecule has 0 aromatic heterocycles. The lowest BCUT2D eigenvalue weighted by atomic mass is 9.50. The number of benzene rings is 2. The molecule has 0 unspecified atom stereocenters. The van der Waals surface area contributed by atoms with E-state index in [1.165, 1.54) is 10.4 Å². The van der Waals surface area contributed by atoms with Crippen LogP contribution in [0.2, 0.25) is 5.04 Å². The molecule has 0 spiro atoms. The van der Waals surface area contributed by atoms with Gasteiger partial charge in [0.15, 0.2) is 6.29 Å². The summed E-state index contributed by atoms with van der Waals surface area (Å²) in [6.07, 6.45) is 2.98. The molecule has 4 heteroatoms. The van der Waals surface area contributed by atoms with E-state index in [2.05, 4.69) is 102 Å². The van der Waals surface area contributed by atoms with E-state index in [1.54, 1.807) is 0 Å². The first-order chi connectivity index (χ1) is 15.1. The Morgan fingerprint density at radius 2 is 1.59 bits per heavy atom. The number of hydrogen-bond donors (Lipinski definition) is 1. The summed E-state index contributed by atoms with van der Waals surface area (Å²) >= 11 is 0. The van der Waals surface area contributed by atoms with Crippen LogP contribution in [-0.4, -0.2) is 31.9 Å². The molecule has 1 aliphatic heterocycles. The quantitative estimate of drug-likeness (QED) is 0.482. The molecule has 1 saturated heterocycles. The van der Waals surface area contributed by atoms with Gasteiger partial charge in [-0.25, -0.2) is 0 Å². The monoisotopic (exact) mass is 450 g/mol. The van der Waals surface area contributed by atoms with Crippen LogP contribution in [0.4, 0.5) is 0 Å². The highest BCUT2D eigenvalue weighted by atomic mass is 28.4. The molecule has 0 amide bonds. The SMILES string of the molecule is C=C[C@]12O[C@@H](O)[C@H](CCO[Si](c3ccccc3)(c3ccccc3)C(C)(C)C)[C@H]1CC2(C)C. The predicted molar refractivity (Wildman–Crippen MR) is 134 cm³/mol. The van der Waals surface area contributed by atoms with E-state index in [9.17, 15) is 5.11 Å². The maximum Gasteiger partial charge on any atom is 0.261 e. The van der Waals surface area contributed by atoms with Crippen LogP contribution in [0.3, 0.4) is 0 Å². The van der Waals surface area contributed by atoms with E-state index in [-0.39, 0.29) is 16.4 Å². The molecule has 1 N–H and O–H groups in total. The summed E-state index contributed by atoms with van der Waals surface area (Å²) in [6, 6.07) is 21.4. The van der Waals surface area contributed by atoms with Crippen molar-refractivity contribution in [1.82, 2.24) is 0 Å². The van der Waals surface area contributed by atoms with Crippen LogP contribution in [0.15, 0.2) is 73.3 Å². The van der Waals surface area contributed by atoms with Gasteiger partial charge in [-0.2, -0.15) is 0 Å². The first-order valence-electron chi connectivity index (χ1n) is 11.8. The number of aliphatic hydroxyl groups is 1. The van der Waals surface area contributed by atoms with Gasteiger partial charge >= 0.3 is 0 Å². The lowest BCUT2D eigenvalue weighted by molar-refractivity contribution is -0.202. The van der Waals surface area contributed by atoms with Crippen LogP contribution < -0.4 is 10.4 Å². The van der Waals surface area contributed by atoms with Gasteiger partial charge < -0.3 is 14.3 Å². The first-order valence-corrected chi connectivity index (χ1v) is 13.7. The Morgan fingerprint density at radius 1 is 1.06 bits per heavy atom. The molecule has 1 heterocycles. The van der Waals surface area contributed by atoms with Gasteiger partial charge in [0.2, 0.25) is 0 Å². The molecule has 32 heavy (non-hydrogen) atoms. The Hall–Kier alpha value is -1.72. The summed E-state index contributed by atoms with van der Waals surface area (Å²) in [5.74, 6) is 0.368. The van der Waals surface area contributed by atoms with Gasteiger partial charge in [-0.1, -0.05) is 101 Å². The molecule has 1 saturated carbocycles. The number of ether oxygens (including phenoxy) is 1. The largest absolute Gasteiger partial charge is 0.407 e. The van der Waals surface area contributed by atoms with Gasteiger partial charge in [-0.05, 0) is 33.7 Å². The normalized spacial score (nSPS) is 29.2. The summed E-state index contributed by atoms with van der Waals surface area (Å²) in [6.45, 7) is 16.0. The van der Waals surface area contributed by atoms with Crippen LogP contribution in [0.25, 0.3) is 0 Å². The zero-order valence-corrected chi connectivity index (χ0v) is 21.2. The molecule has 1 aliphatic carbocycles. The third-order valence-corrected chi connectivity index (χ3v) is 13.1. The lowest BCUT2D eigenvalue weighted by Gasteiger charge is -2.57. The minimum absolute atomic E-state index is 0.00794. The number of rotatable bonds is 7. The van der Waals surface area contributed by atoms with Gasteiger partial charge in [0, 0.05) is 18.4 Å². The summed E-state index contributed by atoms with van der Waals surface area (Å²) < 4.78 is 13.2. The summed E-state index contributed by atoms with van der Waals surface area (Å²) in [5, 5.41) is 13.3. The molecule has 3 nitrogen and oxygen atoms in total. The van der Waals surface area contributed by atoms with Crippen molar-refractivity contribution in [2.24, 2.45) is 17.3 Å². The average Bonchev–Trinajstić information content (AvgIpc) is 3.00. The highest BCUT2D eigenvalue weighted by Gasteiger charge is 2.68. The van der Waals surface area contributed by atoms with Crippen molar-refractivity contribution in [2.45, 2.75) is 64.4 Å². The van der Waals surface area contributed by atoms with Crippen LogP contribution in [-0.2, 0) is 9.16 Å². The highest BCUT2D eigenvalue weighted by Crippen LogP contribution is 2.64. The van der Waals surface area contributed by atoms with Crippen molar-refractivity contribution in [3.8, 4) is 0 Å². The Labute approximate surface area is 194 Å². The minimum Gasteiger partial charge on any atom is -0.407 e. The van der Waals surface area contributed by atoms with Crippen molar-refractivity contribution in [1.29, 1.82) is 0 Å². The van der Waals surface area contributed by atoms with E-state index in [0.29, 0.717) is 12.5 Å². The topological polar surface area (TPSA) is 38.7 Å². The molecule has 2 aromatic carbocycles. The fraction of sp³-hybridized carbons (Fsp3) is 0.500. The zero-order chi connectivity index (χ0) is 23.2. The van der Waals surface area contributed by atoms with E-state index in [4.69, 9.17) is 9.16 Å². The van der Waals surface area contributed by atoms with Crippen molar-refractivity contribution < 1.29 is 14.3 Å². The predicted octanol–water partition coefficient (Wildman–Crippen LogP) is 4.89. The zero-order valence-electron chi connectivity index (χ0n) is 20.2. The molecule has 0 radical (unpaired) electrons. The van der Waals surface area contributed by atoms with Gasteiger partial charge in [0.25, 0.3) is 8.32 Å². The molecular weight excluding hydrogens is 412 g/mol. The standard InChI is InChI=1S/C28H38O3Si/c1-7-28-24(20-27(28,5)6)23(25(29)31-28)18-19-30-32(26(2,3)4,21-14-10-8-11-15-21)22-16-12-9-13-17-22/h7-17,23-25,29H,1,18-20H2,2-6H3/t23-,24-,25-,28+/m1/s1. The summed E-state index contributed by atoms with van der Waals surface area (Å²) in [4.78, 5) is 0. The summed E-state index contributed by atoms with van der Waals surface area (Å²) in [5.41, 5.74) is -0.414. The second kappa shape index (κ2) is 8.25. The van der Waals surface area contributed by atoms with Gasteiger partial charge in [0.1, 0.15) is 0 Å². The smallest absolute Gasteiger partial charge is 0.261 e. The summed E-state index contributed by atoms with van der Waals surface area (Å²) in [7, 11) is -2.56. The van der Waals surface area contributed by atoms with E-state index in [0.717, 1.165) is 12.8 Å². The van der Waals surface area contributed by atoms with Crippen molar-refractivity contribution >= 4 is 18.7 Å². The lowest BCUT2D eigenvalue weighted by Crippen LogP contribution is -2.66. The molecule has 2 aliphatic rings. The van der Waals surface area contributed by atoms with Gasteiger partial charge in [-0.3, -0.25) is 0 Å². The Kier molecular flexibility index (Phi) is 6.04. The van der Waals surface area contributed by atoms with Crippen molar-refractivity contribution in [2.75, 3.05) is 6.61 Å².